The number of nitrogens with zero attached hydrogens (tertiary/aromatic N) is 4. The van der Waals surface area contributed by atoms with E-state index in [-0.39, 0.29) is 23.9 Å². The first-order valence-corrected chi connectivity index (χ1v) is 7.53. The van der Waals surface area contributed by atoms with Crippen LogP contribution >= 0.6 is 15.9 Å². The lowest BCUT2D eigenvalue weighted by Gasteiger charge is -2.16. The third-order valence-corrected chi connectivity index (χ3v) is 4.00. The molecule has 0 saturated carbocycles. The smallest absolute Gasteiger partial charge is 0.330 e. The van der Waals surface area contributed by atoms with Gasteiger partial charge in [0.25, 0.3) is 5.56 Å². The van der Waals surface area contributed by atoms with Gasteiger partial charge in [-0.05, 0) is 5.53 Å². The molecule has 0 amide bonds. The highest BCUT2D eigenvalue weighted by Crippen LogP contribution is 2.28. The third kappa shape index (κ3) is 3.23. The molecule has 0 bridgehead atoms. The van der Waals surface area contributed by atoms with Gasteiger partial charge in [0.15, 0.2) is 0 Å². The molecule has 1 aromatic rings. The van der Waals surface area contributed by atoms with E-state index < -0.39 is 35.7 Å². The molecular formula is C11H14BrN5O5. The molecule has 1 aliphatic rings. The summed E-state index contributed by atoms with van der Waals surface area (Å²) < 4.78 is 6.49. The number of rotatable bonds is 5. The molecule has 120 valence electrons. The molecule has 0 aliphatic carbocycles. The lowest BCUT2D eigenvalue weighted by molar-refractivity contribution is -0.0460. The number of hydrogen-bond acceptors (Lipinski definition) is 6. The van der Waals surface area contributed by atoms with Crippen LogP contribution < -0.4 is 11.2 Å². The maximum absolute atomic E-state index is 11.9. The van der Waals surface area contributed by atoms with Crippen molar-refractivity contribution in [3.63, 3.8) is 0 Å². The number of aliphatic hydroxyl groups is 2. The first kappa shape index (κ1) is 16.7. The van der Waals surface area contributed by atoms with Gasteiger partial charge in [0, 0.05) is 28.4 Å². The highest BCUT2D eigenvalue weighted by atomic mass is 79.9. The average molecular weight is 376 g/mol. The first-order valence-electron chi connectivity index (χ1n) is 6.41. The minimum atomic E-state index is -0.915. The van der Waals surface area contributed by atoms with Gasteiger partial charge >= 0.3 is 5.69 Å². The molecule has 22 heavy (non-hydrogen) atoms. The van der Waals surface area contributed by atoms with Crippen molar-refractivity contribution >= 4 is 15.9 Å². The van der Waals surface area contributed by atoms with E-state index in [2.05, 4.69) is 30.9 Å². The number of ether oxygens (including phenoxy) is 1. The molecule has 0 unspecified atom stereocenters. The number of aromatic nitrogens is 2. The zero-order valence-electron chi connectivity index (χ0n) is 11.3. The summed E-state index contributed by atoms with van der Waals surface area (Å²) in [6.45, 7) is -0.384. The van der Waals surface area contributed by atoms with Crippen molar-refractivity contribution < 1.29 is 14.9 Å². The number of aromatic amines is 1. The predicted molar refractivity (Wildman–Crippen MR) is 78.6 cm³/mol. The van der Waals surface area contributed by atoms with E-state index in [0.29, 0.717) is 0 Å². The van der Waals surface area contributed by atoms with Gasteiger partial charge in [-0.15, -0.1) is 0 Å². The minimum absolute atomic E-state index is 0.0944. The van der Waals surface area contributed by atoms with E-state index in [1.54, 1.807) is 0 Å². The second kappa shape index (κ2) is 7.07. The lowest BCUT2D eigenvalue weighted by Crippen LogP contribution is -2.35. The van der Waals surface area contributed by atoms with Gasteiger partial charge in [-0.1, -0.05) is 21.0 Å². The van der Waals surface area contributed by atoms with Gasteiger partial charge in [0.05, 0.1) is 18.8 Å². The molecule has 2 rings (SSSR count). The highest BCUT2D eigenvalue weighted by molar-refractivity contribution is 9.09. The van der Waals surface area contributed by atoms with E-state index in [1.165, 1.54) is 6.20 Å². The summed E-state index contributed by atoms with van der Waals surface area (Å²) in [5.41, 5.74) is 7.26. The van der Waals surface area contributed by atoms with Crippen LogP contribution in [0.2, 0.25) is 0 Å². The predicted octanol–water partition coefficient (Wildman–Crippen LogP) is -0.0764. The second-order valence-electron chi connectivity index (χ2n) is 4.74. The number of alkyl halides is 1. The van der Waals surface area contributed by atoms with E-state index >= 15 is 0 Å². The molecule has 2 heterocycles. The number of hydrogen-bond donors (Lipinski definition) is 3. The topological polar surface area (TPSA) is 153 Å². The molecule has 1 fully saturated rings. The van der Waals surface area contributed by atoms with Crippen LogP contribution in [0.5, 0.6) is 0 Å². The fourth-order valence-corrected chi connectivity index (χ4v) is 2.72. The quantitative estimate of drug-likeness (QED) is 0.284. The van der Waals surface area contributed by atoms with E-state index in [9.17, 15) is 14.7 Å². The van der Waals surface area contributed by atoms with Crippen LogP contribution in [0.15, 0.2) is 20.9 Å². The lowest BCUT2D eigenvalue weighted by atomic mass is 10.1. The Bertz CT molecular complexity index is 697. The molecular weight excluding hydrogens is 362 g/mol. The molecule has 11 heteroatoms. The van der Waals surface area contributed by atoms with Gasteiger partial charge in [-0.3, -0.25) is 14.3 Å². The van der Waals surface area contributed by atoms with Crippen LogP contribution in [-0.2, 0) is 4.74 Å². The van der Waals surface area contributed by atoms with Crippen molar-refractivity contribution in [2.75, 3.05) is 11.9 Å². The summed E-state index contributed by atoms with van der Waals surface area (Å²) in [5.74, 6) is 0. The Hall–Kier alpha value is -1.65. The van der Waals surface area contributed by atoms with Crippen molar-refractivity contribution in [3.05, 3.63) is 43.0 Å². The standard InChI is InChI=1S/C11H14BrN5O5/c12-2-6(15-16-13)5-3-17(11(21)14-10(5)20)9-1-7(19)8(4-18)22-9/h3,6-9,18-19H,1-2,4H2,(H,14,20,21)/t6-,7+,8-,9-/m1/s1. The zero-order valence-corrected chi connectivity index (χ0v) is 12.9. The number of halogens is 1. The molecule has 1 aliphatic heterocycles. The molecule has 10 nitrogen and oxygen atoms in total. The van der Waals surface area contributed by atoms with Crippen LogP contribution in [0.1, 0.15) is 24.3 Å². The third-order valence-electron chi connectivity index (χ3n) is 3.39. The van der Waals surface area contributed by atoms with Crippen molar-refractivity contribution in [2.24, 2.45) is 5.11 Å². The Balaban J connectivity index is 2.43. The molecule has 4 atom stereocenters. The van der Waals surface area contributed by atoms with E-state index in [1.807, 2.05) is 0 Å². The van der Waals surface area contributed by atoms with Crippen molar-refractivity contribution in [2.45, 2.75) is 30.9 Å². The van der Waals surface area contributed by atoms with Crippen LogP contribution in [0.4, 0.5) is 0 Å². The van der Waals surface area contributed by atoms with Crippen molar-refractivity contribution in [1.82, 2.24) is 9.55 Å². The van der Waals surface area contributed by atoms with E-state index in [4.69, 9.17) is 15.4 Å². The van der Waals surface area contributed by atoms with Gasteiger partial charge in [-0.25, -0.2) is 4.79 Å². The Kier molecular flexibility index (Phi) is 5.37. The van der Waals surface area contributed by atoms with Gasteiger partial charge in [0.1, 0.15) is 12.3 Å². The van der Waals surface area contributed by atoms with Crippen LogP contribution in [0, 0.1) is 0 Å². The number of azide groups is 1. The molecule has 0 radical (unpaired) electrons. The summed E-state index contributed by atoms with van der Waals surface area (Å²) in [5, 5.41) is 22.5. The van der Waals surface area contributed by atoms with Crippen LogP contribution in [-0.4, -0.2) is 43.9 Å². The van der Waals surface area contributed by atoms with Gasteiger partial charge in [-0.2, -0.15) is 0 Å². The molecule has 1 saturated heterocycles. The largest absolute Gasteiger partial charge is 0.394 e. The summed E-state index contributed by atoms with van der Waals surface area (Å²) in [7, 11) is 0. The second-order valence-corrected chi connectivity index (χ2v) is 5.39. The highest BCUT2D eigenvalue weighted by Gasteiger charge is 2.35. The monoisotopic (exact) mass is 375 g/mol. The van der Waals surface area contributed by atoms with Crippen molar-refractivity contribution in [3.8, 4) is 0 Å². The Morgan fingerprint density at radius 3 is 2.91 bits per heavy atom. The van der Waals surface area contributed by atoms with Crippen molar-refractivity contribution in [1.29, 1.82) is 0 Å². The maximum Gasteiger partial charge on any atom is 0.330 e. The maximum atomic E-state index is 11.9. The van der Waals surface area contributed by atoms with Crippen LogP contribution in [0.25, 0.3) is 10.4 Å². The number of nitrogens with one attached hydrogen (secondary N) is 1. The first-order chi connectivity index (χ1) is 10.5. The summed E-state index contributed by atoms with van der Waals surface area (Å²) in [4.78, 5) is 28.6. The Morgan fingerprint density at radius 2 is 2.36 bits per heavy atom. The van der Waals surface area contributed by atoms with Crippen LogP contribution in [0.3, 0.4) is 0 Å². The fourth-order valence-electron chi connectivity index (χ4n) is 2.24. The minimum Gasteiger partial charge on any atom is -0.394 e. The summed E-state index contributed by atoms with van der Waals surface area (Å²) >= 11 is 3.14. The number of aliphatic hydroxyl groups excluding tert-OH is 2. The van der Waals surface area contributed by atoms with Gasteiger partial charge in [0.2, 0.25) is 0 Å². The number of H-pyrrole nitrogens is 1. The zero-order chi connectivity index (χ0) is 16.3. The molecule has 0 spiro atoms. The Morgan fingerprint density at radius 1 is 1.64 bits per heavy atom. The molecule has 0 aromatic carbocycles. The normalized spacial score (nSPS) is 25.7. The molecule has 1 aromatic heterocycles. The fraction of sp³-hybridized carbons (Fsp3) is 0.636. The Labute approximate surface area is 132 Å². The average Bonchev–Trinajstić information content (AvgIpc) is 2.86. The summed E-state index contributed by atoms with van der Waals surface area (Å²) in [6.07, 6.45) is -1.19. The van der Waals surface area contributed by atoms with E-state index in [0.717, 1.165) is 4.57 Å². The summed E-state index contributed by atoms with van der Waals surface area (Å²) in [6, 6.07) is -0.791. The SMILES string of the molecule is [N-]=[N+]=N[C@H](CBr)c1cn([C@H]2C[C@H](O)[C@@H](CO)O2)c(=O)[nH]c1=O. The molecule has 3 N–H and O–H groups in total. The van der Waals surface area contributed by atoms with Gasteiger partial charge < -0.3 is 14.9 Å².